The van der Waals surface area contributed by atoms with E-state index in [2.05, 4.69) is 30.2 Å². The number of aromatic nitrogens is 1. The van der Waals surface area contributed by atoms with Crippen LogP contribution in [0, 0.1) is 5.41 Å². The number of amides is 1. The molecule has 32 heavy (non-hydrogen) atoms. The fourth-order valence-electron chi connectivity index (χ4n) is 3.40. The maximum Gasteiger partial charge on any atom is 0.374 e. The van der Waals surface area contributed by atoms with Crippen LogP contribution in [0.2, 0.25) is 0 Å². The van der Waals surface area contributed by atoms with E-state index in [0.29, 0.717) is 23.9 Å². The summed E-state index contributed by atoms with van der Waals surface area (Å²) in [4.78, 5) is 25.1. The van der Waals surface area contributed by atoms with Crippen LogP contribution in [0.3, 0.4) is 0 Å². The summed E-state index contributed by atoms with van der Waals surface area (Å²) in [6.45, 7) is 5.90. The first-order chi connectivity index (χ1) is 14.9. The summed E-state index contributed by atoms with van der Waals surface area (Å²) in [6.07, 6.45) is 6.99. The highest BCUT2D eigenvalue weighted by atomic mass is 19.3. The van der Waals surface area contributed by atoms with Crippen molar-refractivity contribution in [3.63, 3.8) is 0 Å². The molecule has 0 radical (unpaired) electrons. The van der Waals surface area contributed by atoms with Crippen molar-refractivity contribution < 1.29 is 23.5 Å². The Hall–Kier alpha value is -2.87. The number of nitrogens with zero attached hydrogens (tertiary/aromatic N) is 1. The topological polar surface area (TPSA) is 105 Å². The molecule has 0 unspecified atom stereocenters. The molecular formula is C24H31F2N3O3. The van der Waals surface area contributed by atoms with Gasteiger partial charge in [0.25, 0.3) is 0 Å². The van der Waals surface area contributed by atoms with E-state index >= 15 is 0 Å². The van der Waals surface area contributed by atoms with Gasteiger partial charge in [0.2, 0.25) is 5.91 Å². The van der Waals surface area contributed by atoms with Crippen LogP contribution in [0.4, 0.5) is 8.78 Å². The monoisotopic (exact) mass is 447 g/mol. The van der Waals surface area contributed by atoms with Crippen molar-refractivity contribution >= 4 is 11.9 Å². The van der Waals surface area contributed by atoms with E-state index in [1.807, 2.05) is 24.4 Å². The quantitative estimate of drug-likeness (QED) is 0.599. The number of halogens is 2. The molecule has 3 rings (SSSR count). The third kappa shape index (κ3) is 8.00. The molecule has 174 valence electrons. The van der Waals surface area contributed by atoms with E-state index < -0.39 is 17.8 Å². The summed E-state index contributed by atoms with van der Waals surface area (Å²) in [5.41, 5.74) is 9.29. The minimum atomic E-state index is -3.58. The zero-order chi connectivity index (χ0) is 23.9. The maximum atomic E-state index is 11.3. The largest absolute Gasteiger partial charge is 0.477 e. The lowest BCUT2D eigenvalue weighted by Gasteiger charge is -2.34. The summed E-state index contributed by atoms with van der Waals surface area (Å²) in [7, 11) is 0. The molecule has 1 aliphatic rings. The number of carbonyl (C=O) groups is 2. The maximum absolute atomic E-state index is 11.3. The Morgan fingerprint density at radius 2 is 1.84 bits per heavy atom. The van der Waals surface area contributed by atoms with Crippen molar-refractivity contribution in [3.8, 4) is 11.3 Å². The summed E-state index contributed by atoms with van der Waals surface area (Å²) < 4.78 is 22.5. The number of primary amides is 1. The van der Waals surface area contributed by atoms with Gasteiger partial charge in [-0.1, -0.05) is 32.0 Å². The van der Waals surface area contributed by atoms with Gasteiger partial charge in [-0.05, 0) is 54.9 Å². The number of carboxylic acids is 1. The first kappa shape index (κ1) is 25.4. The number of benzene rings is 1. The molecular weight excluding hydrogens is 416 g/mol. The third-order valence-electron chi connectivity index (χ3n) is 5.58. The van der Waals surface area contributed by atoms with Gasteiger partial charge < -0.3 is 16.2 Å². The highest BCUT2D eigenvalue weighted by Gasteiger charge is 2.31. The van der Waals surface area contributed by atoms with Crippen molar-refractivity contribution in [1.82, 2.24) is 10.3 Å². The van der Waals surface area contributed by atoms with Crippen LogP contribution in [-0.2, 0) is 11.3 Å². The molecule has 1 saturated carbocycles. The molecule has 1 aromatic carbocycles. The summed E-state index contributed by atoms with van der Waals surface area (Å²) in [6, 6.07) is 12.0. The minimum Gasteiger partial charge on any atom is -0.477 e. The number of carbonyl (C=O) groups excluding carboxylic acids is 1. The minimum absolute atomic E-state index is 0.329. The Morgan fingerprint density at radius 3 is 2.34 bits per heavy atom. The molecule has 0 aliphatic heterocycles. The lowest BCUT2D eigenvalue weighted by atomic mass is 9.75. The van der Waals surface area contributed by atoms with Crippen molar-refractivity contribution in [2.75, 3.05) is 0 Å². The zero-order valence-electron chi connectivity index (χ0n) is 18.7. The second kappa shape index (κ2) is 10.6. The fourth-order valence-corrected chi connectivity index (χ4v) is 3.40. The second-order valence-electron chi connectivity index (χ2n) is 9.01. The molecule has 0 spiro atoms. The smallest absolute Gasteiger partial charge is 0.374 e. The van der Waals surface area contributed by atoms with E-state index in [9.17, 15) is 18.4 Å². The zero-order valence-corrected chi connectivity index (χ0v) is 18.7. The first-order valence-electron chi connectivity index (χ1n) is 10.6. The van der Waals surface area contributed by atoms with Crippen molar-refractivity contribution in [3.05, 3.63) is 53.7 Å². The number of rotatable bonds is 6. The molecule has 0 bridgehead atoms. The third-order valence-corrected chi connectivity index (χ3v) is 5.58. The number of aliphatic carboxylic acids is 1. The van der Waals surface area contributed by atoms with Crippen LogP contribution in [0.25, 0.3) is 11.3 Å². The second-order valence-corrected chi connectivity index (χ2v) is 9.01. The number of hydrogen-bond acceptors (Lipinski definition) is 4. The fraction of sp³-hybridized carbons (Fsp3) is 0.458. The Kier molecular flexibility index (Phi) is 8.44. The lowest BCUT2D eigenvalue weighted by Crippen LogP contribution is -2.35. The predicted molar refractivity (Wildman–Crippen MR) is 119 cm³/mol. The van der Waals surface area contributed by atoms with Gasteiger partial charge >= 0.3 is 11.9 Å². The van der Waals surface area contributed by atoms with Gasteiger partial charge in [0.15, 0.2) is 0 Å². The van der Waals surface area contributed by atoms with Crippen LogP contribution in [0.1, 0.15) is 62.4 Å². The van der Waals surface area contributed by atoms with Gasteiger partial charge in [-0.25, -0.2) is 4.79 Å². The van der Waals surface area contributed by atoms with Crippen LogP contribution in [-0.4, -0.2) is 33.9 Å². The molecule has 1 fully saturated rings. The molecule has 1 aliphatic carbocycles. The van der Waals surface area contributed by atoms with E-state index in [4.69, 9.17) is 10.8 Å². The van der Waals surface area contributed by atoms with Gasteiger partial charge in [0, 0.05) is 36.8 Å². The highest BCUT2D eigenvalue weighted by molar-refractivity contribution is 5.93. The number of pyridine rings is 1. The van der Waals surface area contributed by atoms with E-state index in [1.54, 1.807) is 12.1 Å². The summed E-state index contributed by atoms with van der Waals surface area (Å²) >= 11 is 0. The number of hydrogen-bond donors (Lipinski definition) is 3. The van der Waals surface area contributed by atoms with E-state index in [-0.39, 0.29) is 0 Å². The Morgan fingerprint density at radius 1 is 1.22 bits per heavy atom. The van der Waals surface area contributed by atoms with E-state index in [1.165, 1.54) is 31.2 Å². The van der Waals surface area contributed by atoms with Gasteiger partial charge in [0.05, 0.1) is 5.69 Å². The predicted octanol–water partition coefficient (Wildman–Crippen LogP) is 4.63. The van der Waals surface area contributed by atoms with E-state index in [0.717, 1.165) is 17.8 Å². The highest BCUT2D eigenvalue weighted by Crippen LogP contribution is 2.35. The van der Waals surface area contributed by atoms with Crippen LogP contribution >= 0.6 is 0 Å². The van der Waals surface area contributed by atoms with Gasteiger partial charge in [-0.15, -0.1) is 0 Å². The van der Waals surface area contributed by atoms with Crippen LogP contribution in [0.15, 0.2) is 42.6 Å². The molecule has 2 aromatic rings. The normalized spacial score (nSPS) is 16.0. The van der Waals surface area contributed by atoms with Gasteiger partial charge in [-0.2, -0.15) is 8.78 Å². The number of nitrogens with one attached hydrogen (secondary N) is 1. The molecule has 8 heteroatoms. The Balaban J connectivity index is 0.000000451. The first-order valence-corrected chi connectivity index (χ1v) is 10.6. The van der Waals surface area contributed by atoms with Crippen molar-refractivity contribution in [1.29, 1.82) is 0 Å². The molecule has 0 saturated heterocycles. The Labute approximate surface area is 187 Å². The Bertz CT molecular complexity index is 915. The standard InChI is InChI=1S/C21H27N3O.C3H4F2O2/c1-21(2)10-8-18(9-11-21)23-13-15-6-7-19(24-14-15)16-4-3-5-17(12-16)20(22)25;1-3(4,5)2(6)7/h3-7,12,14,18,23H,8-11,13H2,1-2H3,(H2,22,25);1H3,(H,6,7). The molecule has 1 heterocycles. The van der Waals surface area contributed by atoms with Crippen molar-refractivity contribution in [2.24, 2.45) is 11.1 Å². The van der Waals surface area contributed by atoms with Gasteiger partial charge in [-0.3, -0.25) is 9.78 Å². The average Bonchev–Trinajstić information content (AvgIpc) is 2.73. The van der Waals surface area contributed by atoms with Crippen molar-refractivity contribution in [2.45, 2.75) is 65.0 Å². The van der Waals surface area contributed by atoms with Gasteiger partial charge in [0.1, 0.15) is 0 Å². The number of nitrogens with two attached hydrogens (primary N) is 1. The number of carboxylic acid groups (broad SMARTS) is 1. The molecule has 6 nitrogen and oxygen atoms in total. The van der Waals surface area contributed by atoms with Crippen LogP contribution < -0.4 is 11.1 Å². The summed E-state index contributed by atoms with van der Waals surface area (Å²) in [5.74, 6) is -6.09. The average molecular weight is 448 g/mol. The summed E-state index contributed by atoms with van der Waals surface area (Å²) in [5, 5.41) is 11.2. The number of alkyl halides is 2. The molecule has 1 aromatic heterocycles. The molecule has 0 atom stereocenters. The molecule has 4 N–H and O–H groups in total. The lowest BCUT2D eigenvalue weighted by molar-refractivity contribution is -0.161. The molecule has 1 amide bonds. The van der Waals surface area contributed by atoms with Crippen LogP contribution in [0.5, 0.6) is 0 Å². The SMILES string of the molecule is CC(F)(F)C(=O)O.CC1(C)CCC(NCc2ccc(-c3cccc(C(N)=O)c3)nc2)CC1.